The van der Waals surface area contributed by atoms with E-state index in [1.54, 1.807) is 7.11 Å². The number of nitrogens with zero attached hydrogens (tertiary/aromatic N) is 1. The lowest BCUT2D eigenvalue weighted by molar-refractivity contribution is 0.0632. The Bertz CT molecular complexity index is 618. The number of carbonyl (C=O) groups excluding carboxylic acids is 1. The fourth-order valence-corrected chi connectivity index (χ4v) is 3.04. The molecule has 20 heavy (non-hydrogen) atoms. The van der Waals surface area contributed by atoms with Crippen LogP contribution in [0.1, 0.15) is 23.2 Å². The van der Waals surface area contributed by atoms with Gasteiger partial charge in [0.2, 0.25) is 0 Å². The van der Waals surface area contributed by atoms with Crippen LogP contribution in [-0.2, 0) is 4.74 Å². The Labute approximate surface area is 119 Å². The number of hydrogen-bond acceptors (Lipinski definition) is 2. The minimum atomic E-state index is 0.126. The first-order valence-corrected chi connectivity index (χ1v) is 7.09. The maximum Gasteiger partial charge on any atom is 0.254 e. The lowest BCUT2D eigenvalue weighted by atomic mass is 10.0. The second kappa shape index (κ2) is 5.63. The van der Waals surface area contributed by atoms with Gasteiger partial charge in [-0.1, -0.05) is 36.4 Å². The molecule has 2 aromatic carbocycles. The molecule has 1 atom stereocenters. The van der Waals surface area contributed by atoms with E-state index in [1.165, 1.54) is 0 Å². The van der Waals surface area contributed by atoms with Crippen LogP contribution in [0, 0.1) is 0 Å². The number of likely N-dealkylation sites (tertiary alicyclic amines) is 1. The Morgan fingerprint density at radius 1 is 1.25 bits per heavy atom. The molecule has 0 unspecified atom stereocenters. The number of rotatable bonds is 3. The number of benzene rings is 2. The van der Waals surface area contributed by atoms with Gasteiger partial charge in [0.15, 0.2) is 0 Å². The van der Waals surface area contributed by atoms with Gasteiger partial charge in [-0.05, 0) is 29.7 Å². The van der Waals surface area contributed by atoms with Crippen LogP contribution < -0.4 is 0 Å². The van der Waals surface area contributed by atoms with Crippen LogP contribution in [-0.4, -0.2) is 37.1 Å². The van der Waals surface area contributed by atoms with Crippen LogP contribution in [0.25, 0.3) is 10.8 Å². The van der Waals surface area contributed by atoms with Gasteiger partial charge in [0.25, 0.3) is 5.91 Å². The van der Waals surface area contributed by atoms with Crippen LogP contribution in [0.4, 0.5) is 0 Å². The van der Waals surface area contributed by atoms with Gasteiger partial charge in [0.05, 0.1) is 12.6 Å². The van der Waals surface area contributed by atoms with Crippen molar-refractivity contribution in [2.24, 2.45) is 0 Å². The molecule has 0 aromatic heterocycles. The Morgan fingerprint density at radius 2 is 2.05 bits per heavy atom. The van der Waals surface area contributed by atoms with E-state index in [9.17, 15) is 4.79 Å². The fraction of sp³-hybridized carbons (Fsp3) is 0.353. The lowest BCUT2D eigenvalue weighted by Crippen LogP contribution is -2.38. The highest BCUT2D eigenvalue weighted by molar-refractivity contribution is 6.07. The topological polar surface area (TPSA) is 29.5 Å². The lowest BCUT2D eigenvalue weighted by Gasteiger charge is -2.24. The fourth-order valence-electron chi connectivity index (χ4n) is 3.04. The van der Waals surface area contributed by atoms with Crippen molar-refractivity contribution in [1.29, 1.82) is 0 Å². The van der Waals surface area contributed by atoms with Crippen LogP contribution in [0.5, 0.6) is 0 Å². The van der Waals surface area contributed by atoms with Crippen molar-refractivity contribution in [2.75, 3.05) is 20.3 Å². The SMILES string of the molecule is COC[C@H]1CCCN1C(=O)c1cccc2ccccc12. The molecule has 1 amide bonds. The monoisotopic (exact) mass is 269 g/mol. The summed E-state index contributed by atoms with van der Waals surface area (Å²) in [6, 6.07) is 14.2. The maximum atomic E-state index is 12.8. The number of hydrogen-bond donors (Lipinski definition) is 0. The van der Waals surface area contributed by atoms with Crippen LogP contribution in [0.2, 0.25) is 0 Å². The van der Waals surface area contributed by atoms with Crippen molar-refractivity contribution in [1.82, 2.24) is 4.90 Å². The van der Waals surface area contributed by atoms with E-state index in [-0.39, 0.29) is 11.9 Å². The van der Waals surface area contributed by atoms with Gasteiger partial charge in [0.1, 0.15) is 0 Å². The van der Waals surface area contributed by atoms with Crippen molar-refractivity contribution in [2.45, 2.75) is 18.9 Å². The first kappa shape index (κ1) is 13.1. The Hall–Kier alpha value is -1.87. The van der Waals surface area contributed by atoms with Crippen molar-refractivity contribution in [3.8, 4) is 0 Å². The first-order chi connectivity index (χ1) is 9.81. The first-order valence-electron chi connectivity index (χ1n) is 7.09. The summed E-state index contributed by atoms with van der Waals surface area (Å²) in [5.74, 6) is 0.126. The molecular weight excluding hydrogens is 250 g/mol. The summed E-state index contributed by atoms with van der Waals surface area (Å²) in [4.78, 5) is 14.8. The number of methoxy groups -OCH3 is 1. The zero-order chi connectivity index (χ0) is 13.9. The minimum Gasteiger partial charge on any atom is -0.383 e. The van der Waals surface area contributed by atoms with Gasteiger partial charge >= 0.3 is 0 Å². The summed E-state index contributed by atoms with van der Waals surface area (Å²) in [6.45, 7) is 1.45. The van der Waals surface area contributed by atoms with Gasteiger partial charge in [-0.15, -0.1) is 0 Å². The van der Waals surface area contributed by atoms with E-state index in [4.69, 9.17) is 4.74 Å². The third-order valence-electron chi connectivity index (χ3n) is 4.02. The van der Waals surface area contributed by atoms with E-state index in [1.807, 2.05) is 47.4 Å². The molecule has 1 fully saturated rings. The molecule has 1 saturated heterocycles. The summed E-state index contributed by atoms with van der Waals surface area (Å²) in [7, 11) is 1.69. The smallest absolute Gasteiger partial charge is 0.254 e. The highest BCUT2D eigenvalue weighted by atomic mass is 16.5. The highest BCUT2D eigenvalue weighted by Gasteiger charge is 2.29. The molecule has 0 saturated carbocycles. The average Bonchev–Trinajstić information content (AvgIpc) is 2.94. The zero-order valence-electron chi connectivity index (χ0n) is 11.7. The largest absolute Gasteiger partial charge is 0.383 e. The van der Waals surface area contributed by atoms with Crippen LogP contribution >= 0.6 is 0 Å². The van der Waals surface area contributed by atoms with E-state index in [0.717, 1.165) is 35.7 Å². The quantitative estimate of drug-likeness (QED) is 0.857. The molecule has 0 N–H and O–H groups in total. The normalized spacial score (nSPS) is 18.6. The minimum absolute atomic E-state index is 0.126. The predicted molar refractivity (Wildman–Crippen MR) is 79.9 cm³/mol. The molecule has 0 aliphatic carbocycles. The second-order valence-electron chi connectivity index (χ2n) is 5.28. The zero-order valence-corrected chi connectivity index (χ0v) is 11.7. The molecule has 2 aromatic rings. The van der Waals surface area contributed by atoms with E-state index >= 15 is 0 Å². The van der Waals surface area contributed by atoms with Gasteiger partial charge < -0.3 is 9.64 Å². The molecule has 104 valence electrons. The molecule has 0 bridgehead atoms. The summed E-state index contributed by atoms with van der Waals surface area (Å²) in [6.07, 6.45) is 2.09. The number of fused-ring (bicyclic) bond motifs is 1. The predicted octanol–water partition coefficient (Wildman–Crippen LogP) is 3.09. The third-order valence-corrected chi connectivity index (χ3v) is 4.02. The van der Waals surface area contributed by atoms with Gasteiger partial charge in [-0.3, -0.25) is 4.79 Å². The summed E-state index contributed by atoms with van der Waals surface area (Å²) in [5.41, 5.74) is 0.797. The van der Waals surface area contributed by atoms with Gasteiger partial charge in [-0.2, -0.15) is 0 Å². The molecule has 1 aliphatic rings. The molecule has 3 nitrogen and oxygen atoms in total. The van der Waals surface area contributed by atoms with Crippen molar-refractivity contribution in [3.63, 3.8) is 0 Å². The second-order valence-corrected chi connectivity index (χ2v) is 5.28. The van der Waals surface area contributed by atoms with Crippen LogP contribution in [0.15, 0.2) is 42.5 Å². The Balaban J connectivity index is 1.96. The maximum absolute atomic E-state index is 12.8. The molecule has 3 heteroatoms. The summed E-state index contributed by atoms with van der Waals surface area (Å²) >= 11 is 0. The Morgan fingerprint density at radius 3 is 2.90 bits per heavy atom. The van der Waals surface area contributed by atoms with Crippen molar-refractivity contribution < 1.29 is 9.53 Å². The molecular formula is C17H19NO2. The van der Waals surface area contributed by atoms with E-state index in [2.05, 4.69) is 0 Å². The Kier molecular flexibility index (Phi) is 3.70. The average molecular weight is 269 g/mol. The van der Waals surface area contributed by atoms with Crippen molar-refractivity contribution >= 4 is 16.7 Å². The van der Waals surface area contributed by atoms with E-state index < -0.39 is 0 Å². The summed E-state index contributed by atoms with van der Waals surface area (Å²) in [5, 5.41) is 2.14. The third kappa shape index (κ3) is 2.29. The number of carbonyl (C=O) groups is 1. The molecule has 1 heterocycles. The van der Waals surface area contributed by atoms with Gasteiger partial charge in [0, 0.05) is 19.2 Å². The van der Waals surface area contributed by atoms with Crippen molar-refractivity contribution in [3.05, 3.63) is 48.0 Å². The molecule has 0 spiro atoms. The number of amides is 1. The molecule has 3 rings (SSSR count). The van der Waals surface area contributed by atoms with E-state index in [0.29, 0.717) is 6.61 Å². The number of ether oxygens (including phenoxy) is 1. The summed E-state index contributed by atoms with van der Waals surface area (Å²) < 4.78 is 5.24. The van der Waals surface area contributed by atoms with Crippen LogP contribution in [0.3, 0.4) is 0 Å². The molecule has 1 aliphatic heterocycles. The standard InChI is InChI=1S/C17H19NO2/c1-20-12-14-8-5-11-18(14)17(19)16-10-4-7-13-6-2-3-9-15(13)16/h2-4,6-7,9-10,14H,5,8,11-12H2,1H3/t14-/m1/s1. The highest BCUT2D eigenvalue weighted by Crippen LogP contribution is 2.24. The van der Waals surface area contributed by atoms with Gasteiger partial charge in [-0.25, -0.2) is 0 Å². The molecule has 0 radical (unpaired) electrons.